The topological polar surface area (TPSA) is 63.4 Å². The summed E-state index contributed by atoms with van der Waals surface area (Å²) >= 11 is 4.81. The Hall–Kier alpha value is -1.93. The number of nitrogens with zero attached hydrogens (tertiary/aromatic N) is 5. The highest BCUT2D eigenvalue weighted by molar-refractivity contribution is 9.10. The van der Waals surface area contributed by atoms with Gasteiger partial charge < -0.3 is 4.90 Å². The number of fused-ring (bicyclic) bond motifs is 1. The Labute approximate surface area is 146 Å². The lowest BCUT2D eigenvalue weighted by molar-refractivity contribution is -0.127. The number of carbonyl (C=O) groups excluding carboxylic acids is 1. The molecule has 23 heavy (non-hydrogen) atoms. The first-order valence-corrected chi connectivity index (χ1v) is 8.69. The van der Waals surface area contributed by atoms with Crippen LogP contribution in [-0.2, 0) is 11.3 Å². The molecule has 2 heterocycles. The Morgan fingerprint density at radius 2 is 2.17 bits per heavy atom. The average molecular weight is 392 g/mol. The van der Waals surface area contributed by atoms with Crippen molar-refractivity contribution in [2.45, 2.75) is 11.7 Å². The number of hydrogen-bond donors (Lipinski definition) is 0. The molecule has 6 nitrogen and oxygen atoms in total. The second-order valence-corrected chi connectivity index (χ2v) is 6.69. The summed E-state index contributed by atoms with van der Waals surface area (Å²) in [5.74, 6) is 0.847. The van der Waals surface area contributed by atoms with Crippen LogP contribution in [0.1, 0.15) is 5.56 Å². The summed E-state index contributed by atoms with van der Waals surface area (Å²) in [6.45, 7) is 0.557. The highest BCUT2D eigenvalue weighted by Crippen LogP contribution is 2.19. The third-order valence-electron chi connectivity index (χ3n) is 3.21. The molecule has 0 spiro atoms. The van der Waals surface area contributed by atoms with E-state index in [4.69, 9.17) is 0 Å². The Morgan fingerprint density at radius 1 is 1.35 bits per heavy atom. The molecular formula is C15H14BrN5OS. The zero-order chi connectivity index (χ0) is 16.2. The maximum atomic E-state index is 12.3. The lowest BCUT2D eigenvalue weighted by Gasteiger charge is -2.17. The van der Waals surface area contributed by atoms with Gasteiger partial charge in [0, 0.05) is 30.5 Å². The van der Waals surface area contributed by atoms with Crippen molar-refractivity contribution >= 4 is 39.4 Å². The van der Waals surface area contributed by atoms with E-state index >= 15 is 0 Å². The molecule has 0 unspecified atom stereocenters. The molecule has 0 saturated carbocycles. The Balaban J connectivity index is 1.59. The number of thioether (sulfide) groups is 1. The predicted octanol–water partition coefficient (Wildman–Crippen LogP) is 2.64. The molecule has 118 valence electrons. The van der Waals surface area contributed by atoms with Crippen LogP contribution in [0.15, 0.2) is 52.4 Å². The van der Waals surface area contributed by atoms with Crippen molar-refractivity contribution in [3.63, 3.8) is 0 Å². The summed E-state index contributed by atoms with van der Waals surface area (Å²) in [6, 6.07) is 9.66. The third kappa shape index (κ3) is 3.89. The number of benzene rings is 1. The van der Waals surface area contributed by atoms with E-state index in [0.717, 1.165) is 10.0 Å². The third-order valence-corrected chi connectivity index (χ3v) is 4.81. The molecule has 0 bridgehead atoms. The van der Waals surface area contributed by atoms with Gasteiger partial charge in [0.1, 0.15) is 0 Å². The Kier molecular flexibility index (Phi) is 4.92. The number of carbonyl (C=O) groups is 1. The molecular weight excluding hydrogens is 378 g/mol. The highest BCUT2D eigenvalue weighted by atomic mass is 79.9. The Morgan fingerprint density at radius 3 is 2.96 bits per heavy atom. The van der Waals surface area contributed by atoms with E-state index in [1.54, 1.807) is 34.9 Å². The van der Waals surface area contributed by atoms with Crippen LogP contribution in [-0.4, -0.2) is 43.2 Å². The van der Waals surface area contributed by atoms with Gasteiger partial charge in [-0.25, -0.2) is 9.50 Å². The second-order valence-electron chi connectivity index (χ2n) is 4.89. The lowest BCUT2D eigenvalue weighted by atomic mass is 10.2. The van der Waals surface area contributed by atoms with E-state index in [9.17, 15) is 4.79 Å². The molecule has 0 N–H and O–H groups in total. The molecule has 0 aliphatic carbocycles. The number of hydrogen-bond acceptors (Lipinski definition) is 5. The summed E-state index contributed by atoms with van der Waals surface area (Å²) in [7, 11) is 1.79. The average Bonchev–Trinajstić information content (AvgIpc) is 2.97. The monoisotopic (exact) mass is 391 g/mol. The first kappa shape index (κ1) is 15.9. The van der Waals surface area contributed by atoms with E-state index in [1.165, 1.54) is 11.8 Å². The lowest BCUT2D eigenvalue weighted by Crippen LogP contribution is -2.28. The van der Waals surface area contributed by atoms with Gasteiger partial charge in [0.25, 0.3) is 5.78 Å². The number of amides is 1. The molecule has 0 aliphatic heterocycles. The van der Waals surface area contributed by atoms with E-state index in [2.05, 4.69) is 31.0 Å². The van der Waals surface area contributed by atoms with Crippen molar-refractivity contribution in [2.24, 2.45) is 0 Å². The first-order valence-electron chi connectivity index (χ1n) is 6.91. The van der Waals surface area contributed by atoms with Crippen molar-refractivity contribution < 1.29 is 4.79 Å². The van der Waals surface area contributed by atoms with Crippen molar-refractivity contribution in [3.05, 3.63) is 52.8 Å². The standard InChI is InChI=1S/C15H14BrN5OS/c1-20(9-11-5-2-3-6-12(11)16)13(22)10-23-15-18-14-17-7-4-8-21(14)19-15/h2-8H,9-10H2,1H3. The zero-order valence-corrected chi connectivity index (χ0v) is 14.8. The molecule has 1 aromatic carbocycles. The number of rotatable bonds is 5. The smallest absolute Gasteiger partial charge is 0.253 e. The molecule has 0 fully saturated rings. The van der Waals surface area contributed by atoms with Crippen LogP contribution < -0.4 is 0 Å². The van der Waals surface area contributed by atoms with Crippen LogP contribution in [0.2, 0.25) is 0 Å². The summed E-state index contributed by atoms with van der Waals surface area (Å²) in [5.41, 5.74) is 1.07. The molecule has 2 aromatic heterocycles. The fourth-order valence-electron chi connectivity index (χ4n) is 1.98. The van der Waals surface area contributed by atoms with Gasteiger partial charge in [-0.15, -0.1) is 5.10 Å². The fourth-order valence-corrected chi connectivity index (χ4v) is 3.16. The summed E-state index contributed by atoms with van der Waals surface area (Å²) < 4.78 is 2.60. The van der Waals surface area contributed by atoms with E-state index in [0.29, 0.717) is 17.5 Å². The normalized spacial score (nSPS) is 10.9. The van der Waals surface area contributed by atoms with Gasteiger partial charge in [-0.05, 0) is 17.7 Å². The maximum Gasteiger partial charge on any atom is 0.253 e. The van der Waals surface area contributed by atoms with Crippen molar-refractivity contribution in [1.82, 2.24) is 24.5 Å². The van der Waals surface area contributed by atoms with Gasteiger partial charge in [-0.3, -0.25) is 4.79 Å². The molecule has 3 aromatic rings. The SMILES string of the molecule is CN(Cc1ccccc1Br)C(=O)CSc1nc2ncccn2n1. The second kappa shape index (κ2) is 7.10. The van der Waals surface area contributed by atoms with Crippen LogP contribution in [0.3, 0.4) is 0 Å². The number of halogens is 1. The van der Waals surface area contributed by atoms with Crippen LogP contribution in [0.25, 0.3) is 5.78 Å². The van der Waals surface area contributed by atoms with Crippen molar-refractivity contribution in [3.8, 4) is 0 Å². The molecule has 0 aliphatic rings. The van der Waals surface area contributed by atoms with Crippen molar-refractivity contribution in [1.29, 1.82) is 0 Å². The van der Waals surface area contributed by atoms with E-state index in [1.807, 2.05) is 24.3 Å². The van der Waals surface area contributed by atoms with Gasteiger partial charge in [-0.2, -0.15) is 4.98 Å². The minimum Gasteiger partial charge on any atom is -0.341 e. The summed E-state index contributed by atoms with van der Waals surface area (Å²) in [6.07, 6.45) is 3.44. The summed E-state index contributed by atoms with van der Waals surface area (Å²) in [5, 5.41) is 4.82. The van der Waals surface area contributed by atoms with Crippen LogP contribution >= 0.6 is 27.7 Å². The van der Waals surface area contributed by atoms with Crippen LogP contribution in [0.5, 0.6) is 0 Å². The quantitative estimate of drug-likeness (QED) is 0.625. The van der Waals surface area contributed by atoms with Gasteiger partial charge in [0.05, 0.1) is 5.75 Å². The van der Waals surface area contributed by atoms with E-state index < -0.39 is 0 Å². The van der Waals surface area contributed by atoms with Gasteiger partial charge >= 0.3 is 0 Å². The minimum absolute atomic E-state index is 0.0255. The molecule has 0 saturated heterocycles. The molecule has 3 rings (SSSR count). The van der Waals surface area contributed by atoms with Gasteiger partial charge in [0.15, 0.2) is 0 Å². The minimum atomic E-state index is 0.0255. The fraction of sp³-hybridized carbons (Fsp3) is 0.200. The highest BCUT2D eigenvalue weighted by Gasteiger charge is 2.13. The summed E-state index contributed by atoms with van der Waals surface area (Å²) in [4.78, 5) is 22.3. The number of aromatic nitrogens is 4. The Bertz CT molecular complexity index is 804. The largest absolute Gasteiger partial charge is 0.341 e. The molecule has 0 radical (unpaired) electrons. The molecule has 1 amide bonds. The maximum absolute atomic E-state index is 12.3. The van der Waals surface area contributed by atoms with Gasteiger partial charge in [-0.1, -0.05) is 45.9 Å². The zero-order valence-electron chi connectivity index (χ0n) is 12.4. The first-order chi connectivity index (χ1) is 11.1. The van der Waals surface area contributed by atoms with Crippen LogP contribution in [0.4, 0.5) is 0 Å². The molecule has 0 atom stereocenters. The van der Waals surface area contributed by atoms with E-state index in [-0.39, 0.29) is 11.7 Å². The predicted molar refractivity (Wildman–Crippen MR) is 92.1 cm³/mol. The van der Waals surface area contributed by atoms with Crippen LogP contribution in [0, 0.1) is 0 Å². The van der Waals surface area contributed by atoms with Crippen molar-refractivity contribution in [2.75, 3.05) is 12.8 Å². The van der Waals surface area contributed by atoms with Gasteiger partial charge in [0.2, 0.25) is 11.1 Å². The molecule has 8 heteroatoms.